The summed E-state index contributed by atoms with van der Waals surface area (Å²) in [6, 6.07) is 15.8. The molecule has 5 saturated heterocycles. The van der Waals surface area contributed by atoms with E-state index in [4.69, 9.17) is 9.97 Å². The number of aromatic nitrogens is 3. The Morgan fingerprint density at radius 3 is 2.31 bits per heavy atom. The highest BCUT2D eigenvalue weighted by molar-refractivity contribution is 6.25. The van der Waals surface area contributed by atoms with Gasteiger partial charge < -0.3 is 39.7 Å². The molecule has 3 aromatic carbocycles. The summed E-state index contributed by atoms with van der Waals surface area (Å²) in [7, 11) is 0. The van der Waals surface area contributed by atoms with Gasteiger partial charge in [-0.05, 0) is 172 Å². The van der Waals surface area contributed by atoms with E-state index in [2.05, 4.69) is 61.5 Å². The van der Waals surface area contributed by atoms with Gasteiger partial charge in [-0.15, -0.1) is 0 Å². The Morgan fingerprint density at radius 2 is 1.58 bits per heavy atom. The molecule has 8 aliphatic rings. The standard InChI is InChI=1S/C65H77FN12O7/c1-37(2)68-59(80)46-32-50(48(66)28-39(46)5)70-58-57-51(67-36-76(57)38(3)4)33-49(69-58)41-12-13-47-54(29-41)77(44-30-43(31-44)73-21-7-6-8-22-73)64(85)65(47)19-26-75(27-20-65)61(82)42-18-23-72(35-42)34-40-16-24-74(25-17-40)52-11-9-10-45-56(52)63(84)78(62(45)83)53-14-15-55(79)71-60(53)81/h9-13,28-29,32-33,36-38,40,42-44,53H,6-8,14-27,30-31,34-35H2,1-5H3,(H,68,80)(H,69,70)(H,71,79,81)/t42?,43-,44+,53?. The van der Waals surface area contributed by atoms with Crippen molar-refractivity contribution in [1.29, 1.82) is 0 Å². The number of amides is 7. The van der Waals surface area contributed by atoms with Gasteiger partial charge in [-0.2, -0.15) is 0 Å². The Balaban J connectivity index is 0.698. The number of aryl methyl sites for hydroxylation is 1. The molecular weight excluding hydrogens is 1080 g/mol. The predicted octanol–water partition coefficient (Wildman–Crippen LogP) is 7.87. The summed E-state index contributed by atoms with van der Waals surface area (Å²) in [6.07, 6.45) is 11.0. The van der Waals surface area contributed by atoms with Gasteiger partial charge in [0, 0.05) is 86.7 Å². The molecule has 9 heterocycles. The number of nitrogens with one attached hydrogen (secondary N) is 3. The second kappa shape index (κ2) is 22.4. The van der Waals surface area contributed by atoms with Crippen molar-refractivity contribution in [3.63, 3.8) is 0 Å². The van der Waals surface area contributed by atoms with E-state index in [-0.39, 0.29) is 65.9 Å². The van der Waals surface area contributed by atoms with Gasteiger partial charge in [-0.25, -0.2) is 14.4 Å². The minimum Gasteiger partial charge on any atom is -0.371 e. The maximum atomic E-state index is 16.0. The highest BCUT2D eigenvalue weighted by Gasteiger charge is 2.56. The monoisotopic (exact) mass is 1160 g/mol. The molecule has 3 N–H and O–H groups in total. The molecule has 0 bridgehead atoms. The van der Waals surface area contributed by atoms with Crippen LogP contribution in [0.3, 0.4) is 0 Å². The molecule has 85 heavy (non-hydrogen) atoms. The molecule has 13 rings (SSSR count). The maximum absolute atomic E-state index is 16.0. The van der Waals surface area contributed by atoms with Crippen molar-refractivity contribution in [2.24, 2.45) is 11.8 Å². The van der Waals surface area contributed by atoms with Crippen LogP contribution in [0.4, 0.5) is 27.3 Å². The summed E-state index contributed by atoms with van der Waals surface area (Å²) in [5, 5.41) is 8.49. The van der Waals surface area contributed by atoms with E-state index >= 15 is 9.18 Å². The van der Waals surface area contributed by atoms with Gasteiger partial charge in [0.25, 0.3) is 17.7 Å². The number of anilines is 4. The topological polar surface area (TPSA) is 206 Å². The molecule has 2 atom stereocenters. The second-order valence-corrected chi connectivity index (χ2v) is 25.9. The van der Waals surface area contributed by atoms with Gasteiger partial charge in [-0.3, -0.25) is 43.8 Å². The molecule has 446 valence electrons. The Hall–Kier alpha value is -7.58. The van der Waals surface area contributed by atoms with Crippen molar-refractivity contribution in [3.8, 4) is 11.3 Å². The third-order valence-corrected chi connectivity index (χ3v) is 19.9. The number of rotatable bonds is 13. The van der Waals surface area contributed by atoms with Crippen molar-refractivity contribution < 1.29 is 38.0 Å². The number of piperidine rings is 4. The lowest BCUT2D eigenvalue weighted by Gasteiger charge is -2.48. The fraction of sp³-hybridized carbons (Fsp3) is 0.523. The zero-order valence-corrected chi connectivity index (χ0v) is 49.4. The fourth-order valence-electron chi connectivity index (χ4n) is 15.2. The third kappa shape index (κ3) is 10.1. The highest BCUT2D eigenvalue weighted by atomic mass is 19.1. The number of benzene rings is 3. The molecule has 6 fully saturated rings. The molecule has 1 aliphatic carbocycles. The summed E-state index contributed by atoms with van der Waals surface area (Å²) in [5.41, 5.74) is 6.16. The normalized spacial score (nSPS) is 23.8. The predicted molar refractivity (Wildman–Crippen MR) is 320 cm³/mol. The summed E-state index contributed by atoms with van der Waals surface area (Å²) in [4.78, 5) is 118. The molecule has 2 unspecified atom stereocenters. The first-order valence-corrected chi connectivity index (χ1v) is 31.0. The van der Waals surface area contributed by atoms with Gasteiger partial charge in [-0.1, -0.05) is 24.6 Å². The molecular formula is C65H77FN12O7. The summed E-state index contributed by atoms with van der Waals surface area (Å²) in [5.74, 6) is -1.93. The lowest BCUT2D eigenvalue weighted by molar-refractivity contribution is -0.139. The van der Waals surface area contributed by atoms with E-state index in [0.29, 0.717) is 102 Å². The number of hydrogen-bond acceptors (Lipinski definition) is 13. The average molecular weight is 1160 g/mol. The van der Waals surface area contributed by atoms with E-state index < -0.39 is 40.9 Å². The molecule has 5 aromatic rings. The van der Waals surface area contributed by atoms with Crippen LogP contribution in [0.2, 0.25) is 0 Å². The minimum absolute atomic E-state index is 0.0108. The smallest absolute Gasteiger partial charge is 0.264 e. The van der Waals surface area contributed by atoms with Gasteiger partial charge in [0.05, 0.1) is 51.4 Å². The van der Waals surface area contributed by atoms with Crippen LogP contribution in [-0.4, -0.2) is 159 Å². The van der Waals surface area contributed by atoms with Gasteiger partial charge in [0.15, 0.2) is 5.82 Å². The van der Waals surface area contributed by atoms with Crippen LogP contribution in [0.5, 0.6) is 0 Å². The Labute approximate surface area is 495 Å². The van der Waals surface area contributed by atoms with Gasteiger partial charge in [0.2, 0.25) is 23.6 Å². The van der Waals surface area contributed by atoms with Crippen LogP contribution in [-0.2, 0) is 24.6 Å². The first-order chi connectivity index (χ1) is 40.9. The Morgan fingerprint density at radius 1 is 0.812 bits per heavy atom. The number of pyridine rings is 1. The molecule has 20 heteroatoms. The summed E-state index contributed by atoms with van der Waals surface area (Å²) >= 11 is 0. The van der Waals surface area contributed by atoms with Crippen LogP contribution in [0.15, 0.2) is 60.9 Å². The number of halogens is 1. The van der Waals surface area contributed by atoms with Crippen LogP contribution >= 0.6 is 0 Å². The molecule has 1 saturated carbocycles. The van der Waals surface area contributed by atoms with E-state index in [1.165, 1.54) is 25.3 Å². The molecule has 7 amide bonds. The van der Waals surface area contributed by atoms with Crippen molar-refractivity contribution in [3.05, 3.63) is 94.6 Å². The quantitative estimate of drug-likeness (QED) is 0.0962. The average Bonchev–Trinajstić information content (AvgIpc) is 1.73. The molecule has 0 radical (unpaired) electrons. The number of imide groups is 2. The lowest BCUT2D eigenvalue weighted by Crippen LogP contribution is -2.58. The first-order valence-electron chi connectivity index (χ1n) is 31.0. The van der Waals surface area contributed by atoms with Crippen LogP contribution in [0.25, 0.3) is 22.3 Å². The summed E-state index contributed by atoms with van der Waals surface area (Å²) in [6.45, 7) is 16.5. The number of imidazole rings is 1. The number of likely N-dealkylation sites (tertiary alicyclic amines) is 3. The molecule has 1 spiro atoms. The minimum atomic E-state index is -1.02. The number of nitrogens with zero attached hydrogens (tertiary/aromatic N) is 9. The first kappa shape index (κ1) is 56.5. The molecule has 7 aliphatic heterocycles. The Bertz CT molecular complexity index is 3550. The Kier molecular flexibility index (Phi) is 14.9. The zero-order valence-electron chi connectivity index (χ0n) is 49.4. The second-order valence-electron chi connectivity index (χ2n) is 25.9. The zero-order chi connectivity index (χ0) is 59.2. The van der Waals surface area contributed by atoms with E-state index in [1.807, 2.05) is 41.5 Å². The highest BCUT2D eigenvalue weighted by Crippen LogP contribution is 2.53. The number of carbonyl (C=O) groups excluding carboxylic acids is 7. The molecule has 2 aromatic heterocycles. The van der Waals surface area contributed by atoms with E-state index in [0.717, 1.165) is 80.0 Å². The van der Waals surface area contributed by atoms with Crippen LogP contribution in [0, 0.1) is 24.6 Å². The van der Waals surface area contributed by atoms with E-state index in [1.54, 1.807) is 31.5 Å². The van der Waals surface area contributed by atoms with Crippen molar-refractivity contribution in [2.45, 2.75) is 147 Å². The van der Waals surface area contributed by atoms with E-state index in [9.17, 15) is 28.8 Å². The SMILES string of the molecule is Cc1cc(F)c(Nc2nc(-c3ccc4c(c3)N([C@H]3C[C@@H](N5CCCCC5)C3)C(=O)C43CCN(C(=O)C4CCN(CC5CCN(c6cccc7c6C(=O)N(C6CCC(=O)NC6=O)C7=O)CC5)C4)CC3)cc3ncn(C(C)C)c23)cc1C(=O)NC(C)C. The van der Waals surface area contributed by atoms with Crippen molar-refractivity contribution >= 4 is 75.3 Å². The van der Waals surface area contributed by atoms with Gasteiger partial charge in [0.1, 0.15) is 17.4 Å². The largest absolute Gasteiger partial charge is 0.371 e. The fourth-order valence-corrected chi connectivity index (χ4v) is 15.2. The number of hydrogen-bond donors (Lipinski definition) is 3. The lowest BCUT2D eigenvalue weighted by atomic mass is 9.73. The summed E-state index contributed by atoms with van der Waals surface area (Å²) < 4.78 is 18.0. The van der Waals surface area contributed by atoms with Crippen molar-refractivity contribution in [1.82, 2.24) is 44.8 Å². The molecule has 19 nitrogen and oxygen atoms in total. The number of carbonyl (C=O) groups is 7. The number of fused-ring (bicyclic) bond motifs is 4. The third-order valence-electron chi connectivity index (χ3n) is 19.9. The maximum Gasteiger partial charge on any atom is 0.264 e. The van der Waals surface area contributed by atoms with Gasteiger partial charge >= 0.3 is 0 Å². The van der Waals surface area contributed by atoms with Crippen molar-refractivity contribution in [2.75, 3.05) is 74.0 Å². The van der Waals surface area contributed by atoms with Crippen LogP contribution in [0.1, 0.15) is 153 Å². The van der Waals surface area contributed by atoms with Crippen LogP contribution < -0.4 is 25.8 Å².